The molecule has 0 amide bonds. The Balaban J connectivity index is 2.91. The van der Waals surface area contributed by atoms with Crippen LogP contribution in [0.2, 0.25) is 0 Å². The van der Waals surface area contributed by atoms with E-state index in [-0.39, 0.29) is 5.41 Å². The van der Waals surface area contributed by atoms with Gasteiger partial charge in [-0.25, -0.2) is 0 Å². The summed E-state index contributed by atoms with van der Waals surface area (Å²) < 4.78 is 0. The third-order valence-corrected chi connectivity index (χ3v) is 3.53. The molecule has 0 unspecified atom stereocenters. The van der Waals surface area contributed by atoms with Gasteiger partial charge in [0.15, 0.2) is 0 Å². The first kappa shape index (κ1) is 13.7. The topological polar surface area (TPSA) is 49.8 Å². The summed E-state index contributed by atoms with van der Waals surface area (Å²) in [5.41, 5.74) is 7.64. The van der Waals surface area contributed by atoms with Crippen LogP contribution in [-0.4, -0.2) is 0 Å². The van der Waals surface area contributed by atoms with Gasteiger partial charge in [0.2, 0.25) is 0 Å². The number of nitrogens with zero attached hydrogens (tertiary/aromatic N) is 1. The predicted octanol–water partition coefficient (Wildman–Crippen LogP) is 3.79. The van der Waals surface area contributed by atoms with Gasteiger partial charge in [-0.3, -0.25) is 0 Å². The zero-order chi connectivity index (χ0) is 13.1. The van der Waals surface area contributed by atoms with Crippen LogP contribution >= 0.6 is 11.8 Å². The monoisotopic (exact) mass is 246 g/mol. The second-order valence-electron chi connectivity index (χ2n) is 5.00. The molecule has 17 heavy (non-hydrogen) atoms. The molecule has 2 N–H and O–H groups in total. The minimum Gasteiger partial charge on any atom is -0.401 e. The molecule has 0 fully saturated rings. The van der Waals surface area contributed by atoms with Gasteiger partial charge in [0.05, 0.1) is 0 Å². The van der Waals surface area contributed by atoms with E-state index in [9.17, 15) is 0 Å². The maximum Gasteiger partial charge on any atom is 0.108 e. The number of thioether (sulfide) groups is 1. The van der Waals surface area contributed by atoms with Gasteiger partial charge in [-0.2, -0.15) is 5.26 Å². The van der Waals surface area contributed by atoms with Crippen molar-refractivity contribution in [1.82, 2.24) is 0 Å². The molecule has 0 spiro atoms. The van der Waals surface area contributed by atoms with Gasteiger partial charge in [-0.15, -0.1) is 0 Å². The fraction of sp³-hybridized carbons (Fsp3) is 0.357. The molecule has 0 radical (unpaired) electrons. The summed E-state index contributed by atoms with van der Waals surface area (Å²) in [4.78, 5) is 1.60. The van der Waals surface area contributed by atoms with Gasteiger partial charge in [-0.05, 0) is 30.0 Å². The average molecular weight is 246 g/mol. The molecule has 3 heteroatoms. The number of rotatable bonds is 2. The van der Waals surface area contributed by atoms with E-state index in [0.29, 0.717) is 10.6 Å². The summed E-state index contributed by atoms with van der Waals surface area (Å²) in [7, 11) is 0. The summed E-state index contributed by atoms with van der Waals surface area (Å²) in [6.45, 7) is 8.29. The Labute approximate surface area is 108 Å². The molecular formula is C14H18N2S. The normalized spacial score (nSPS) is 12.9. The molecule has 0 saturated carbocycles. The van der Waals surface area contributed by atoms with Crippen molar-refractivity contribution in [3.05, 3.63) is 40.4 Å². The minimum absolute atomic E-state index is 0.154. The van der Waals surface area contributed by atoms with Crippen LogP contribution in [0.3, 0.4) is 0 Å². The summed E-state index contributed by atoms with van der Waals surface area (Å²) >= 11 is 1.41. The lowest BCUT2D eigenvalue weighted by atomic mass is 9.87. The van der Waals surface area contributed by atoms with E-state index in [1.54, 1.807) is 6.92 Å². The number of nitrogens with two attached hydrogens (primary N) is 1. The molecule has 2 nitrogen and oxygen atoms in total. The van der Waals surface area contributed by atoms with E-state index >= 15 is 0 Å². The number of benzene rings is 1. The molecule has 90 valence electrons. The van der Waals surface area contributed by atoms with Crippen LogP contribution < -0.4 is 5.73 Å². The molecule has 0 saturated heterocycles. The van der Waals surface area contributed by atoms with Gasteiger partial charge in [0.25, 0.3) is 0 Å². The van der Waals surface area contributed by atoms with Crippen LogP contribution in [0, 0.1) is 11.3 Å². The van der Waals surface area contributed by atoms with Gasteiger partial charge >= 0.3 is 0 Å². The van der Waals surface area contributed by atoms with E-state index in [2.05, 4.69) is 39.0 Å². The van der Waals surface area contributed by atoms with Gasteiger partial charge in [-0.1, -0.05) is 44.7 Å². The Morgan fingerprint density at radius 3 is 2.12 bits per heavy atom. The maximum absolute atomic E-state index is 8.93. The third-order valence-electron chi connectivity index (χ3n) is 2.40. The lowest BCUT2D eigenvalue weighted by Crippen LogP contribution is -2.10. The quantitative estimate of drug-likeness (QED) is 0.638. The van der Waals surface area contributed by atoms with E-state index < -0.39 is 0 Å². The van der Waals surface area contributed by atoms with Crippen molar-refractivity contribution in [3.8, 4) is 6.07 Å². The third kappa shape index (κ3) is 3.83. The van der Waals surface area contributed by atoms with Crippen molar-refractivity contribution in [2.75, 3.05) is 0 Å². The molecular weight excluding hydrogens is 228 g/mol. The van der Waals surface area contributed by atoms with Crippen LogP contribution in [0.5, 0.6) is 0 Å². The SMILES string of the molecule is C/C(N)=C(\C#N)Sc1ccc(C(C)(C)C)cc1. The Kier molecular flexibility index (Phi) is 4.25. The van der Waals surface area contributed by atoms with E-state index in [1.807, 2.05) is 12.1 Å². The Morgan fingerprint density at radius 2 is 1.76 bits per heavy atom. The standard InChI is InChI=1S/C14H18N2S/c1-10(16)13(9-15)17-12-7-5-11(6-8-12)14(2,3)4/h5-8H,16H2,1-4H3/b13-10-. The molecule has 0 bridgehead atoms. The second kappa shape index (κ2) is 5.29. The fourth-order valence-corrected chi connectivity index (χ4v) is 2.05. The van der Waals surface area contributed by atoms with Crippen molar-refractivity contribution in [2.45, 2.75) is 38.0 Å². The highest BCUT2D eigenvalue weighted by molar-refractivity contribution is 8.03. The predicted molar refractivity (Wildman–Crippen MR) is 73.5 cm³/mol. The number of hydrogen-bond donors (Lipinski definition) is 1. The van der Waals surface area contributed by atoms with Crippen LogP contribution in [0.25, 0.3) is 0 Å². The summed E-state index contributed by atoms with van der Waals surface area (Å²) in [6.07, 6.45) is 0. The second-order valence-corrected chi connectivity index (χ2v) is 6.08. The van der Waals surface area contributed by atoms with Crippen LogP contribution in [-0.2, 0) is 5.41 Å². The number of hydrogen-bond acceptors (Lipinski definition) is 3. The van der Waals surface area contributed by atoms with Gasteiger partial charge < -0.3 is 5.73 Å². The zero-order valence-electron chi connectivity index (χ0n) is 10.7. The van der Waals surface area contributed by atoms with E-state index in [0.717, 1.165) is 4.90 Å². The highest BCUT2D eigenvalue weighted by atomic mass is 32.2. The van der Waals surface area contributed by atoms with Crippen LogP contribution in [0.1, 0.15) is 33.3 Å². The highest BCUT2D eigenvalue weighted by Crippen LogP contribution is 2.29. The molecule has 0 aliphatic carbocycles. The van der Waals surface area contributed by atoms with Gasteiger partial charge in [0.1, 0.15) is 11.0 Å². The molecule has 0 aromatic heterocycles. The van der Waals surface area contributed by atoms with Crippen molar-refractivity contribution in [3.63, 3.8) is 0 Å². The number of nitriles is 1. The fourth-order valence-electron chi connectivity index (χ4n) is 1.33. The summed E-state index contributed by atoms with van der Waals surface area (Å²) in [5.74, 6) is 0. The molecule has 0 aliphatic rings. The first-order valence-corrected chi connectivity index (χ1v) is 6.31. The van der Waals surface area contributed by atoms with E-state index in [4.69, 9.17) is 11.0 Å². The van der Waals surface area contributed by atoms with Crippen LogP contribution in [0.4, 0.5) is 0 Å². The molecule has 1 aromatic carbocycles. The Hall–Kier alpha value is -1.40. The largest absolute Gasteiger partial charge is 0.401 e. The molecule has 0 aliphatic heterocycles. The average Bonchev–Trinajstić information content (AvgIpc) is 2.25. The molecule has 0 heterocycles. The smallest absolute Gasteiger partial charge is 0.108 e. The number of allylic oxidation sites excluding steroid dienone is 2. The lowest BCUT2D eigenvalue weighted by molar-refractivity contribution is 0.590. The Morgan fingerprint density at radius 1 is 1.24 bits per heavy atom. The Bertz CT molecular complexity index is 454. The first-order valence-electron chi connectivity index (χ1n) is 5.49. The van der Waals surface area contributed by atoms with Crippen molar-refractivity contribution in [1.29, 1.82) is 5.26 Å². The summed E-state index contributed by atoms with van der Waals surface area (Å²) in [5, 5.41) is 8.93. The molecule has 0 atom stereocenters. The zero-order valence-corrected chi connectivity index (χ0v) is 11.6. The van der Waals surface area contributed by atoms with E-state index in [1.165, 1.54) is 17.3 Å². The summed E-state index contributed by atoms with van der Waals surface area (Å²) in [6, 6.07) is 10.4. The van der Waals surface area contributed by atoms with Crippen LogP contribution in [0.15, 0.2) is 39.8 Å². The van der Waals surface area contributed by atoms with Gasteiger partial charge in [0, 0.05) is 10.6 Å². The van der Waals surface area contributed by atoms with Crippen molar-refractivity contribution in [2.24, 2.45) is 5.73 Å². The molecule has 1 aromatic rings. The maximum atomic E-state index is 8.93. The van der Waals surface area contributed by atoms with Crippen molar-refractivity contribution < 1.29 is 0 Å². The first-order chi connectivity index (χ1) is 7.84. The lowest BCUT2D eigenvalue weighted by Gasteiger charge is -2.19. The molecule has 1 rings (SSSR count). The highest BCUT2D eigenvalue weighted by Gasteiger charge is 2.13. The van der Waals surface area contributed by atoms with Crippen molar-refractivity contribution >= 4 is 11.8 Å². The minimum atomic E-state index is 0.154.